The Bertz CT molecular complexity index is 204. The highest BCUT2D eigenvalue weighted by Crippen LogP contribution is 2.61. The van der Waals surface area contributed by atoms with Crippen molar-refractivity contribution in [3.8, 4) is 0 Å². The van der Waals surface area contributed by atoms with E-state index in [2.05, 4.69) is 20.8 Å². The summed E-state index contributed by atoms with van der Waals surface area (Å²) in [6.07, 6.45) is 11.9. The third-order valence-corrected chi connectivity index (χ3v) is 5.73. The van der Waals surface area contributed by atoms with E-state index < -0.39 is 0 Å². The Labute approximate surface area is 89.5 Å². The molecule has 3 atom stereocenters. The first-order valence-corrected chi connectivity index (χ1v) is 6.62. The van der Waals surface area contributed by atoms with E-state index in [4.69, 9.17) is 0 Å². The Morgan fingerprint density at radius 2 is 1.64 bits per heavy atom. The average Bonchev–Trinajstić information content (AvgIpc) is 2.17. The van der Waals surface area contributed by atoms with Gasteiger partial charge in [0, 0.05) is 0 Å². The first-order valence-electron chi connectivity index (χ1n) is 6.62. The van der Waals surface area contributed by atoms with Crippen molar-refractivity contribution in [2.75, 3.05) is 0 Å². The zero-order valence-electron chi connectivity index (χ0n) is 10.2. The third-order valence-electron chi connectivity index (χ3n) is 5.73. The maximum absolute atomic E-state index is 2.60. The van der Waals surface area contributed by atoms with Crippen LogP contribution >= 0.6 is 0 Å². The molecule has 0 spiro atoms. The van der Waals surface area contributed by atoms with Crippen LogP contribution in [0.5, 0.6) is 0 Å². The zero-order chi connectivity index (χ0) is 10.2. The molecule has 2 saturated carbocycles. The molecule has 0 aromatic carbocycles. The Morgan fingerprint density at radius 3 is 2.36 bits per heavy atom. The van der Waals surface area contributed by atoms with Gasteiger partial charge in [-0.15, -0.1) is 0 Å². The molecule has 0 radical (unpaired) electrons. The van der Waals surface area contributed by atoms with E-state index in [1.807, 2.05) is 0 Å². The van der Waals surface area contributed by atoms with E-state index in [1.165, 1.54) is 51.4 Å². The molecule has 0 N–H and O–H groups in total. The summed E-state index contributed by atoms with van der Waals surface area (Å²) in [7, 11) is 0. The maximum Gasteiger partial charge on any atom is -0.0244 e. The topological polar surface area (TPSA) is 0 Å². The smallest absolute Gasteiger partial charge is 0.0244 e. The molecule has 2 rings (SSSR count). The van der Waals surface area contributed by atoms with Gasteiger partial charge in [-0.3, -0.25) is 0 Å². The largest absolute Gasteiger partial charge is 0.0651 e. The van der Waals surface area contributed by atoms with Crippen molar-refractivity contribution in [3.05, 3.63) is 0 Å². The van der Waals surface area contributed by atoms with Gasteiger partial charge in [-0.2, -0.15) is 0 Å². The van der Waals surface area contributed by atoms with E-state index in [1.54, 1.807) is 0 Å². The molecule has 3 unspecified atom stereocenters. The summed E-state index contributed by atoms with van der Waals surface area (Å²) >= 11 is 0. The minimum Gasteiger partial charge on any atom is -0.0651 e. The van der Waals surface area contributed by atoms with Crippen molar-refractivity contribution in [2.24, 2.45) is 16.7 Å². The minimum atomic E-state index is 0.679. The van der Waals surface area contributed by atoms with Crippen LogP contribution in [0.15, 0.2) is 0 Å². The average molecular weight is 194 g/mol. The fraction of sp³-hybridized carbons (Fsp3) is 1.00. The van der Waals surface area contributed by atoms with Gasteiger partial charge in [-0.05, 0) is 42.4 Å². The standard InChI is InChI=1S/C14H26/c1-4-12-8-7-10-13(2)9-5-6-11-14(12,13)3/h12H,4-11H2,1-3H3. The molecule has 0 heterocycles. The number of hydrogen-bond donors (Lipinski definition) is 0. The highest BCUT2D eigenvalue weighted by molar-refractivity contribution is 5.01. The third kappa shape index (κ3) is 1.33. The van der Waals surface area contributed by atoms with Crippen molar-refractivity contribution < 1.29 is 0 Å². The van der Waals surface area contributed by atoms with Gasteiger partial charge >= 0.3 is 0 Å². The molecule has 0 bridgehead atoms. The van der Waals surface area contributed by atoms with Crippen molar-refractivity contribution in [1.82, 2.24) is 0 Å². The van der Waals surface area contributed by atoms with Crippen LogP contribution in [0.1, 0.15) is 72.1 Å². The second kappa shape index (κ2) is 3.54. The zero-order valence-corrected chi connectivity index (χ0v) is 10.2. The van der Waals surface area contributed by atoms with Crippen molar-refractivity contribution in [2.45, 2.75) is 72.1 Å². The van der Waals surface area contributed by atoms with Gasteiger partial charge in [0.15, 0.2) is 0 Å². The molecule has 2 fully saturated rings. The van der Waals surface area contributed by atoms with Gasteiger partial charge in [0.2, 0.25) is 0 Å². The van der Waals surface area contributed by atoms with Crippen LogP contribution in [0.2, 0.25) is 0 Å². The lowest BCUT2D eigenvalue weighted by Crippen LogP contribution is -2.48. The van der Waals surface area contributed by atoms with Gasteiger partial charge in [-0.1, -0.05) is 46.5 Å². The number of rotatable bonds is 1. The lowest BCUT2D eigenvalue weighted by molar-refractivity contribution is -0.0755. The summed E-state index contributed by atoms with van der Waals surface area (Å²) < 4.78 is 0. The molecule has 2 aliphatic rings. The van der Waals surface area contributed by atoms with Crippen LogP contribution in [0.4, 0.5) is 0 Å². The maximum atomic E-state index is 2.60. The minimum absolute atomic E-state index is 0.679. The summed E-state index contributed by atoms with van der Waals surface area (Å²) in [5, 5.41) is 0. The van der Waals surface area contributed by atoms with Crippen LogP contribution in [-0.2, 0) is 0 Å². The number of fused-ring (bicyclic) bond motifs is 1. The second-order valence-electron chi connectivity index (χ2n) is 6.18. The van der Waals surface area contributed by atoms with Crippen LogP contribution in [0.3, 0.4) is 0 Å². The SMILES string of the molecule is CCC1CCCC2(C)CCCCC12C. The van der Waals surface area contributed by atoms with Crippen molar-refractivity contribution >= 4 is 0 Å². The molecule has 0 aromatic rings. The quantitative estimate of drug-likeness (QED) is 0.563. The Morgan fingerprint density at radius 1 is 1.00 bits per heavy atom. The molecular weight excluding hydrogens is 168 g/mol. The first kappa shape index (κ1) is 10.5. The Hall–Kier alpha value is 0. The molecular formula is C14H26. The molecule has 82 valence electrons. The van der Waals surface area contributed by atoms with Gasteiger partial charge < -0.3 is 0 Å². The molecule has 0 aliphatic heterocycles. The Balaban J connectivity index is 2.26. The van der Waals surface area contributed by atoms with Crippen molar-refractivity contribution in [3.63, 3.8) is 0 Å². The van der Waals surface area contributed by atoms with Crippen LogP contribution in [0.25, 0.3) is 0 Å². The molecule has 2 aliphatic carbocycles. The van der Waals surface area contributed by atoms with Gasteiger partial charge in [-0.25, -0.2) is 0 Å². The summed E-state index contributed by atoms with van der Waals surface area (Å²) in [6, 6.07) is 0. The fourth-order valence-corrected chi connectivity index (χ4v) is 4.41. The van der Waals surface area contributed by atoms with Gasteiger partial charge in [0.05, 0.1) is 0 Å². The van der Waals surface area contributed by atoms with E-state index in [9.17, 15) is 0 Å². The fourth-order valence-electron chi connectivity index (χ4n) is 4.41. The molecule has 0 heteroatoms. The lowest BCUT2D eigenvalue weighted by Gasteiger charge is -2.58. The molecule has 0 aromatic heterocycles. The molecule has 0 amide bonds. The molecule has 14 heavy (non-hydrogen) atoms. The van der Waals surface area contributed by atoms with E-state index in [-0.39, 0.29) is 0 Å². The van der Waals surface area contributed by atoms with E-state index in [0.29, 0.717) is 10.8 Å². The predicted octanol–water partition coefficient (Wildman–Crippen LogP) is 4.78. The molecule has 0 saturated heterocycles. The van der Waals surface area contributed by atoms with Crippen LogP contribution < -0.4 is 0 Å². The second-order valence-corrected chi connectivity index (χ2v) is 6.18. The van der Waals surface area contributed by atoms with Crippen LogP contribution in [0, 0.1) is 16.7 Å². The summed E-state index contributed by atoms with van der Waals surface area (Å²) in [5.41, 5.74) is 1.36. The van der Waals surface area contributed by atoms with E-state index >= 15 is 0 Å². The summed E-state index contributed by atoms with van der Waals surface area (Å²) in [4.78, 5) is 0. The number of hydrogen-bond acceptors (Lipinski definition) is 0. The normalized spacial score (nSPS) is 48.6. The highest BCUT2D eigenvalue weighted by Gasteiger charge is 2.51. The Kier molecular flexibility index (Phi) is 2.66. The predicted molar refractivity (Wildman–Crippen MR) is 62.3 cm³/mol. The van der Waals surface area contributed by atoms with Crippen molar-refractivity contribution in [1.29, 1.82) is 0 Å². The summed E-state index contributed by atoms with van der Waals surface area (Å²) in [5.74, 6) is 1.02. The van der Waals surface area contributed by atoms with Crippen LogP contribution in [-0.4, -0.2) is 0 Å². The highest BCUT2D eigenvalue weighted by atomic mass is 14.6. The monoisotopic (exact) mass is 194 g/mol. The lowest BCUT2D eigenvalue weighted by atomic mass is 9.47. The first-order chi connectivity index (χ1) is 6.62. The van der Waals surface area contributed by atoms with E-state index in [0.717, 1.165) is 5.92 Å². The van der Waals surface area contributed by atoms with Gasteiger partial charge in [0.25, 0.3) is 0 Å². The molecule has 0 nitrogen and oxygen atoms in total. The van der Waals surface area contributed by atoms with Gasteiger partial charge in [0.1, 0.15) is 0 Å². The summed E-state index contributed by atoms with van der Waals surface area (Å²) in [6.45, 7) is 7.57.